The normalized spacial score (nSPS) is 24.8. The SMILES string of the molecule is CCCCNC(=O)[C@@H]1C[C@H](CN2CCOCC2)CN(Cc2nccn2C)C1. The summed E-state index contributed by atoms with van der Waals surface area (Å²) in [6.45, 7) is 10.3. The minimum absolute atomic E-state index is 0.0712. The first-order chi connectivity index (χ1) is 13.2. The number of nitrogens with zero attached hydrogens (tertiary/aromatic N) is 4. The third-order valence-electron chi connectivity index (χ3n) is 5.72. The van der Waals surface area contributed by atoms with E-state index in [1.165, 1.54) is 0 Å². The number of aryl methyl sites for hydroxylation is 1. The lowest BCUT2D eigenvalue weighted by Crippen LogP contribution is -2.50. The van der Waals surface area contributed by atoms with Gasteiger partial charge in [-0.15, -0.1) is 0 Å². The van der Waals surface area contributed by atoms with Gasteiger partial charge in [-0.1, -0.05) is 13.3 Å². The van der Waals surface area contributed by atoms with Gasteiger partial charge in [0.25, 0.3) is 0 Å². The van der Waals surface area contributed by atoms with Crippen molar-refractivity contribution in [2.75, 3.05) is 52.5 Å². The van der Waals surface area contributed by atoms with Crippen LogP contribution in [-0.4, -0.2) is 77.7 Å². The molecule has 0 aromatic carbocycles. The summed E-state index contributed by atoms with van der Waals surface area (Å²) in [6.07, 6.45) is 6.97. The van der Waals surface area contributed by atoms with E-state index in [2.05, 4.69) is 31.6 Å². The number of nitrogens with one attached hydrogen (secondary N) is 1. The van der Waals surface area contributed by atoms with Crippen LogP contribution in [-0.2, 0) is 23.1 Å². The molecule has 7 nitrogen and oxygen atoms in total. The fraction of sp³-hybridized carbons (Fsp3) is 0.800. The molecule has 0 bridgehead atoms. The summed E-state index contributed by atoms with van der Waals surface area (Å²) in [5, 5.41) is 3.15. The monoisotopic (exact) mass is 377 g/mol. The number of ether oxygens (including phenoxy) is 1. The second-order valence-electron chi connectivity index (χ2n) is 8.00. The fourth-order valence-corrected chi connectivity index (χ4v) is 4.18. The maximum Gasteiger partial charge on any atom is 0.224 e. The van der Waals surface area contributed by atoms with Gasteiger partial charge < -0.3 is 14.6 Å². The zero-order chi connectivity index (χ0) is 19.1. The molecule has 1 aromatic rings. The number of hydrogen-bond donors (Lipinski definition) is 1. The van der Waals surface area contributed by atoms with Gasteiger partial charge >= 0.3 is 0 Å². The summed E-state index contributed by atoms with van der Waals surface area (Å²) in [7, 11) is 2.03. The molecule has 0 aliphatic carbocycles. The van der Waals surface area contributed by atoms with Crippen LogP contribution >= 0.6 is 0 Å². The highest BCUT2D eigenvalue weighted by Crippen LogP contribution is 2.25. The molecule has 152 valence electrons. The first-order valence-electron chi connectivity index (χ1n) is 10.4. The molecule has 3 heterocycles. The van der Waals surface area contributed by atoms with Crippen molar-refractivity contribution in [3.8, 4) is 0 Å². The lowest BCUT2D eigenvalue weighted by molar-refractivity contribution is -0.127. The van der Waals surface area contributed by atoms with E-state index in [-0.39, 0.29) is 11.8 Å². The number of carbonyl (C=O) groups is 1. The Hall–Kier alpha value is -1.44. The number of imidazole rings is 1. The summed E-state index contributed by atoms with van der Waals surface area (Å²) in [6, 6.07) is 0. The van der Waals surface area contributed by atoms with Crippen molar-refractivity contribution in [2.45, 2.75) is 32.7 Å². The maximum absolute atomic E-state index is 12.7. The van der Waals surface area contributed by atoms with Gasteiger partial charge in [0.2, 0.25) is 5.91 Å². The second kappa shape index (κ2) is 10.2. The molecule has 3 rings (SSSR count). The van der Waals surface area contributed by atoms with E-state index in [9.17, 15) is 4.79 Å². The van der Waals surface area contributed by atoms with Crippen molar-refractivity contribution >= 4 is 5.91 Å². The average Bonchev–Trinajstić information content (AvgIpc) is 3.07. The summed E-state index contributed by atoms with van der Waals surface area (Å²) >= 11 is 0. The number of rotatable bonds is 8. The number of likely N-dealkylation sites (tertiary alicyclic amines) is 1. The van der Waals surface area contributed by atoms with Crippen molar-refractivity contribution in [3.05, 3.63) is 18.2 Å². The Kier molecular flexibility index (Phi) is 7.67. The first kappa shape index (κ1) is 20.3. The van der Waals surface area contributed by atoms with Gasteiger partial charge in [-0.25, -0.2) is 4.98 Å². The number of morpholine rings is 1. The molecule has 0 saturated carbocycles. The highest BCUT2D eigenvalue weighted by Gasteiger charge is 2.33. The van der Waals surface area contributed by atoms with E-state index in [0.717, 1.165) is 84.1 Å². The van der Waals surface area contributed by atoms with E-state index in [1.807, 2.05) is 19.4 Å². The van der Waals surface area contributed by atoms with Crippen LogP contribution in [0.4, 0.5) is 0 Å². The molecule has 0 unspecified atom stereocenters. The third kappa shape index (κ3) is 6.02. The van der Waals surface area contributed by atoms with Crippen molar-refractivity contribution < 1.29 is 9.53 Å². The van der Waals surface area contributed by atoms with Crippen molar-refractivity contribution in [3.63, 3.8) is 0 Å². The van der Waals surface area contributed by atoms with Crippen LogP contribution in [0.15, 0.2) is 12.4 Å². The summed E-state index contributed by atoms with van der Waals surface area (Å²) in [4.78, 5) is 22.1. The number of amides is 1. The summed E-state index contributed by atoms with van der Waals surface area (Å²) in [5.41, 5.74) is 0. The Labute approximate surface area is 163 Å². The van der Waals surface area contributed by atoms with Crippen LogP contribution in [0.2, 0.25) is 0 Å². The van der Waals surface area contributed by atoms with E-state index >= 15 is 0 Å². The number of carbonyl (C=O) groups excluding carboxylic acids is 1. The molecule has 0 spiro atoms. The lowest BCUT2D eigenvalue weighted by Gasteiger charge is -2.39. The molecule has 1 aromatic heterocycles. The molecule has 2 aliphatic rings. The Morgan fingerprint density at radius 1 is 1.30 bits per heavy atom. The third-order valence-corrected chi connectivity index (χ3v) is 5.72. The first-order valence-corrected chi connectivity index (χ1v) is 10.4. The molecular weight excluding hydrogens is 342 g/mol. The van der Waals surface area contributed by atoms with Crippen molar-refractivity contribution in [1.29, 1.82) is 0 Å². The summed E-state index contributed by atoms with van der Waals surface area (Å²) in [5.74, 6) is 1.87. The molecule has 27 heavy (non-hydrogen) atoms. The Morgan fingerprint density at radius 3 is 2.81 bits per heavy atom. The van der Waals surface area contributed by atoms with Crippen molar-refractivity contribution in [2.24, 2.45) is 18.9 Å². The molecule has 1 N–H and O–H groups in total. The minimum Gasteiger partial charge on any atom is -0.379 e. The van der Waals surface area contributed by atoms with Crippen LogP contribution in [0, 0.1) is 11.8 Å². The highest BCUT2D eigenvalue weighted by atomic mass is 16.5. The highest BCUT2D eigenvalue weighted by molar-refractivity contribution is 5.79. The topological polar surface area (TPSA) is 62.6 Å². The van der Waals surface area contributed by atoms with Gasteiger partial charge in [0, 0.05) is 58.7 Å². The van der Waals surface area contributed by atoms with Crippen LogP contribution in [0.5, 0.6) is 0 Å². The maximum atomic E-state index is 12.7. The van der Waals surface area contributed by atoms with Crippen LogP contribution < -0.4 is 5.32 Å². The molecule has 2 fully saturated rings. The molecular formula is C20H35N5O2. The number of aromatic nitrogens is 2. The predicted octanol–water partition coefficient (Wildman–Crippen LogP) is 1.11. The van der Waals surface area contributed by atoms with E-state index in [4.69, 9.17) is 4.74 Å². The molecule has 7 heteroatoms. The Bertz CT molecular complexity index is 585. The molecule has 1 amide bonds. The number of unbranched alkanes of at least 4 members (excludes halogenated alkanes) is 1. The van der Waals surface area contributed by atoms with Gasteiger partial charge in [-0.3, -0.25) is 14.6 Å². The molecule has 2 saturated heterocycles. The van der Waals surface area contributed by atoms with Crippen molar-refractivity contribution in [1.82, 2.24) is 24.7 Å². The standard InChI is InChI=1S/C20H35N5O2/c1-3-4-5-22-20(26)18-12-17(13-24-8-10-27-11-9-24)14-25(15-18)16-19-21-6-7-23(19)2/h6-7,17-18H,3-5,8-16H2,1-2H3,(H,22,26)/t17-,18-/m1/s1. The fourth-order valence-electron chi connectivity index (χ4n) is 4.18. The minimum atomic E-state index is 0.0712. The van der Waals surface area contributed by atoms with E-state index in [1.54, 1.807) is 0 Å². The van der Waals surface area contributed by atoms with Crippen LogP contribution in [0.25, 0.3) is 0 Å². The number of piperidine rings is 1. The van der Waals surface area contributed by atoms with Crippen LogP contribution in [0.3, 0.4) is 0 Å². The average molecular weight is 378 g/mol. The van der Waals surface area contributed by atoms with Gasteiger partial charge in [0.05, 0.1) is 25.7 Å². The molecule has 2 aliphatic heterocycles. The summed E-state index contributed by atoms with van der Waals surface area (Å²) < 4.78 is 7.55. The van der Waals surface area contributed by atoms with Crippen LogP contribution in [0.1, 0.15) is 32.0 Å². The largest absolute Gasteiger partial charge is 0.379 e. The van der Waals surface area contributed by atoms with E-state index in [0.29, 0.717) is 5.92 Å². The quantitative estimate of drug-likeness (QED) is 0.688. The van der Waals surface area contributed by atoms with E-state index < -0.39 is 0 Å². The lowest BCUT2D eigenvalue weighted by atomic mass is 9.88. The smallest absolute Gasteiger partial charge is 0.224 e. The van der Waals surface area contributed by atoms with Gasteiger partial charge in [-0.05, 0) is 18.8 Å². The van der Waals surface area contributed by atoms with Gasteiger partial charge in [0.15, 0.2) is 0 Å². The number of hydrogen-bond acceptors (Lipinski definition) is 5. The van der Waals surface area contributed by atoms with Gasteiger partial charge in [-0.2, -0.15) is 0 Å². The zero-order valence-electron chi connectivity index (χ0n) is 16.9. The zero-order valence-corrected chi connectivity index (χ0v) is 16.9. The Balaban J connectivity index is 1.61. The Morgan fingerprint density at radius 2 is 2.11 bits per heavy atom. The van der Waals surface area contributed by atoms with Gasteiger partial charge in [0.1, 0.15) is 5.82 Å². The molecule has 0 radical (unpaired) electrons. The predicted molar refractivity (Wildman–Crippen MR) is 105 cm³/mol. The second-order valence-corrected chi connectivity index (χ2v) is 8.00. The molecule has 2 atom stereocenters.